The number of ketones is 1. The molecule has 9 nitrogen and oxygen atoms in total. The number of fused-ring (bicyclic) bond motifs is 1. The van der Waals surface area contributed by atoms with Crippen LogP contribution in [0.15, 0.2) is 66.7 Å². The fourth-order valence-electron chi connectivity index (χ4n) is 5.20. The van der Waals surface area contributed by atoms with Gasteiger partial charge in [0.25, 0.3) is 17.7 Å². The zero-order valence-electron chi connectivity index (χ0n) is 23.0. The first kappa shape index (κ1) is 32.2. The molecule has 0 spiro atoms. The average molecular weight is 767 g/mol. The van der Waals surface area contributed by atoms with Crippen molar-refractivity contribution in [3.8, 4) is 11.5 Å². The van der Waals surface area contributed by atoms with E-state index in [9.17, 15) is 24.0 Å². The molecular formula is C31H24Br2Cl2N2O7. The van der Waals surface area contributed by atoms with Crippen LogP contribution in [0.3, 0.4) is 0 Å². The molecule has 0 radical (unpaired) electrons. The van der Waals surface area contributed by atoms with Crippen LogP contribution in [-0.4, -0.2) is 62.8 Å². The molecule has 5 rings (SSSR count). The summed E-state index contributed by atoms with van der Waals surface area (Å²) in [4.78, 5) is 67.0. The second-order valence-corrected chi connectivity index (χ2v) is 13.5. The van der Waals surface area contributed by atoms with Crippen molar-refractivity contribution in [2.45, 2.75) is 22.5 Å². The van der Waals surface area contributed by atoms with Gasteiger partial charge in [-0.2, -0.15) is 5.01 Å². The van der Waals surface area contributed by atoms with Crippen molar-refractivity contribution in [2.24, 2.45) is 11.8 Å². The first-order valence-corrected chi connectivity index (χ1v) is 16.0. The van der Waals surface area contributed by atoms with Gasteiger partial charge in [0.05, 0.1) is 35.1 Å². The minimum Gasteiger partial charge on any atom is -0.497 e. The second kappa shape index (κ2) is 13.4. The highest BCUT2D eigenvalue weighted by Crippen LogP contribution is 2.44. The van der Waals surface area contributed by atoms with Crippen LogP contribution in [0.1, 0.15) is 43.9 Å². The number of hydrogen-bond donors (Lipinski definition) is 0. The van der Waals surface area contributed by atoms with Crippen molar-refractivity contribution in [3.05, 3.63) is 93.5 Å². The van der Waals surface area contributed by atoms with Gasteiger partial charge in [-0.05, 0) is 73.5 Å². The maximum absolute atomic E-state index is 13.8. The van der Waals surface area contributed by atoms with Crippen LogP contribution in [0.4, 0.5) is 0 Å². The molecule has 1 aliphatic carbocycles. The molecule has 0 aromatic heterocycles. The third-order valence-electron chi connectivity index (χ3n) is 7.51. The summed E-state index contributed by atoms with van der Waals surface area (Å²) in [5.41, 5.74) is 0.400. The van der Waals surface area contributed by atoms with Crippen LogP contribution >= 0.6 is 55.1 Å². The van der Waals surface area contributed by atoms with Crippen molar-refractivity contribution in [1.29, 1.82) is 0 Å². The van der Waals surface area contributed by atoms with Gasteiger partial charge in [-0.25, -0.2) is 9.80 Å². The monoisotopic (exact) mass is 764 g/mol. The molecule has 3 aromatic carbocycles. The molecule has 1 heterocycles. The normalized spacial score (nSPS) is 21.1. The maximum atomic E-state index is 13.8. The van der Waals surface area contributed by atoms with E-state index in [1.165, 1.54) is 55.6 Å². The number of amides is 3. The number of nitrogens with zero attached hydrogens (tertiary/aromatic N) is 2. The molecule has 2 fully saturated rings. The van der Waals surface area contributed by atoms with Crippen molar-refractivity contribution in [2.75, 3.05) is 13.7 Å². The minimum atomic E-state index is -0.810. The highest BCUT2D eigenvalue weighted by molar-refractivity contribution is 9.12. The number of methoxy groups -OCH3 is 1. The number of carbonyl (C=O) groups excluding carboxylic acids is 5. The summed E-state index contributed by atoms with van der Waals surface area (Å²) in [5.74, 6) is -3.74. The average Bonchev–Trinajstić information content (AvgIpc) is 3.24. The number of hydrazine groups is 1. The van der Waals surface area contributed by atoms with E-state index in [1.807, 2.05) is 0 Å². The van der Waals surface area contributed by atoms with Gasteiger partial charge in [-0.3, -0.25) is 19.2 Å². The number of rotatable bonds is 8. The van der Waals surface area contributed by atoms with Crippen molar-refractivity contribution in [3.63, 3.8) is 0 Å². The maximum Gasteiger partial charge on any atom is 0.343 e. The van der Waals surface area contributed by atoms with Crippen LogP contribution in [0, 0.1) is 11.8 Å². The van der Waals surface area contributed by atoms with Crippen molar-refractivity contribution in [1.82, 2.24) is 10.0 Å². The molecule has 0 bridgehead atoms. The summed E-state index contributed by atoms with van der Waals surface area (Å²) in [6.07, 6.45) is 0.768. The Kier molecular flexibility index (Phi) is 9.79. The molecule has 0 unspecified atom stereocenters. The highest BCUT2D eigenvalue weighted by Gasteiger charge is 2.54. The first-order chi connectivity index (χ1) is 21.0. The minimum absolute atomic E-state index is 0.000269. The van der Waals surface area contributed by atoms with Crippen LogP contribution in [-0.2, 0) is 9.59 Å². The molecule has 228 valence electrons. The predicted molar refractivity (Wildman–Crippen MR) is 170 cm³/mol. The molecule has 3 amide bonds. The van der Waals surface area contributed by atoms with Crippen LogP contribution in [0.5, 0.6) is 11.5 Å². The number of esters is 1. The molecule has 1 aliphatic heterocycles. The number of alkyl halides is 2. The smallest absolute Gasteiger partial charge is 0.343 e. The Morgan fingerprint density at radius 1 is 0.864 bits per heavy atom. The predicted octanol–water partition coefficient (Wildman–Crippen LogP) is 6.38. The van der Waals surface area contributed by atoms with Crippen molar-refractivity contribution >= 4 is 84.5 Å². The quantitative estimate of drug-likeness (QED) is 0.0861. The first-order valence-electron chi connectivity index (χ1n) is 13.4. The van der Waals surface area contributed by atoms with Gasteiger partial charge in [0.15, 0.2) is 5.78 Å². The van der Waals surface area contributed by atoms with E-state index in [0.717, 1.165) is 10.0 Å². The zero-order valence-corrected chi connectivity index (χ0v) is 27.7. The zero-order chi connectivity index (χ0) is 31.7. The lowest BCUT2D eigenvalue weighted by Crippen LogP contribution is -2.52. The lowest BCUT2D eigenvalue weighted by Gasteiger charge is -2.30. The summed E-state index contributed by atoms with van der Waals surface area (Å²) in [6.45, 7) is -0.632. The van der Waals surface area contributed by atoms with E-state index in [1.54, 1.807) is 18.2 Å². The summed E-state index contributed by atoms with van der Waals surface area (Å²) < 4.78 is 10.6. The fraction of sp³-hybridized carbons (Fsp3) is 0.258. The second-order valence-electron chi connectivity index (χ2n) is 10.3. The SMILES string of the molecule is COc1cccc(C(=O)Oc2ccc(C(=O)CN(C(=O)c3ccc(Cl)cc3Cl)N3C(=O)[C@@H]4C[C@@H](Br)[C@@H](Br)C[C@H]4C3=O)cc2)c1. The van der Waals surface area contributed by atoms with E-state index in [4.69, 9.17) is 32.7 Å². The van der Waals surface area contributed by atoms with Crippen LogP contribution < -0.4 is 9.47 Å². The highest BCUT2D eigenvalue weighted by atomic mass is 79.9. The van der Waals surface area contributed by atoms with E-state index < -0.39 is 47.9 Å². The van der Waals surface area contributed by atoms with Gasteiger partial charge in [0.1, 0.15) is 18.0 Å². The topological polar surface area (TPSA) is 110 Å². The lowest BCUT2D eigenvalue weighted by molar-refractivity contribution is -0.154. The van der Waals surface area contributed by atoms with Gasteiger partial charge in [0, 0.05) is 20.2 Å². The molecule has 4 atom stereocenters. The molecule has 13 heteroatoms. The van der Waals surface area contributed by atoms with E-state index >= 15 is 0 Å². The molecule has 2 aliphatic rings. The Morgan fingerprint density at radius 3 is 2.09 bits per heavy atom. The number of ether oxygens (including phenoxy) is 2. The summed E-state index contributed by atoms with van der Waals surface area (Å²) in [5, 5.41) is 1.92. The number of benzene rings is 3. The molecule has 1 saturated carbocycles. The Balaban J connectivity index is 1.39. The largest absolute Gasteiger partial charge is 0.497 e. The summed E-state index contributed by atoms with van der Waals surface area (Å²) >= 11 is 19.4. The van der Waals surface area contributed by atoms with Gasteiger partial charge >= 0.3 is 5.97 Å². The molecule has 1 saturated heterocycles. The van der Waals surface area contributed by atoms with Gasteiger partial charge in [-0.1, -0.05) is 61.1 Å². The summed E-state index contributed by atoms with van der Waals surface area (Å²) in [7, 11) is 1.48. The third-order valence-corrected chi connectivity index (χ3v) is 10.8. The Labute approximate surface area is 279 Å². The lowest BCUT2D eigenvalue weighted by atomic mass is 9.81. The Hall–Kier alpha value is -3.25. The van der Waals surface area contributed by atoms with Crippen LogP contribution in [0.2, 0.25) is 10.0 Å². The summed E-state index contributed by atoms with van der Waals surface area (Å²) in [6, 6.07) is 16.4. The fourth-order valence-corrected chi connectivity index (χ4v) is 6.93. The van der Waals surface area contributed by atoms with Gasteiger partial charge in [-0.15, -0.1) is 0 Å². The molecular weight excluding hydrogens is 743 g/mol. The standard InChI is InChI=1S/C31H24Br2Cl2N2O7/c1-43-20-4-2-3-17(11-20)31(42)44-19-8-5-16(6-9-19)27(38)15-36(28(39)21-10-7-18(34)12-26(21)35)37-29(40)22-13-24(32)25(33)14-23(22)30(37)41/h2-12,22-25H,13-15H2,1H3/t22-,23-,24-,25+/m1/s1. The number of carbonyl (C=O) groups is 5. The van der Waals surface area contributed by atoms with Crippen molar-refractivity contribution < 1.29 is 33.4 Å². The Morgan fingerprint density at radius 2 is 1.50 bits per heavy atom. The number of imide groups is 1. The van der Waals surface area contributed by atoms with E-state index in [-0.39, 0.29) is 42.1 Å². The van der Waals surface area contributed by atoms with Gasteiger partial charge in [0.2, 0.25) is 0 Å². The molecule has 3 aromatic rings. The van der Waals surface area contributed by atoms with Crippen LogP contribution in [0.25, 0.3) is 0 Å². The molecule has 0 N–H and O–H groups in total. The van der Waals surface area contributed by atoms with E-state index in [0.29, 0.717) is 18.6 Å². The Bertz CT molecular complexity index is 1620. The number of hydrogen-bond acceptors (Lipinski definition) is 7. The number of halogens is 4. The van der Waals surface area contributed by atoms with Gasteiger partial charge < -0.3 is 9.47 Å². The third kappa shape index (κ3) is 6.56. The molecule has 44 heavy (non-hydrogen) atoms. The number of Topliss-reactive ketones (excluding diaryl/α,β-unsaturated/α-hetero) is 1. The van der Waals surface area contributed by atoms with E-state index in [2.05, 4.69) is 31.9 Å².